The second-order valence-electron chi connectivity index (χ2n) is 5.34. The number of hydrogen-bond acceptors (Lipinski definition) is 2. The van der Waals surface area contributed by atoms with E-state index < -0.39 is 11.9 Å². The molecule has 0 aliphatic heterocycles. The number of nitrogens with one attached hydrogen (secondary N) is 1. The maximum atomic E-state index is 12.5. The van der Waals surface area contributed by atoms with Crippen LogP contribution in [-0.4, -0.2) is 15.2 Å². The van der Waals surface area contributed by atoms with Gasteiger partial charge in [-0.1, -0.05) is 20.8 Å². The van der Waals surface area contributed by atoms with Gasteiger partial charge in [-0.2, -0.15) is 18.3 Å². The Morgan fingerprint density at radius 1 is 1.05 bits per heavy atom. The van der Waals surface area contributed by atoms with E-state index in [1.807, 2.05) is 31.9 Å². The van der Waals surface area contributed by atoms with Crippen molar-refractivity contribution in [2.24, 2.45) is 0 Å². The fraction of sp³-hybridized carbons (Fsp3) is 0.385. The summed E-state index contributed by atoms with van der Waals surface area (Å²) in [5, 5.41) is 5.66. The van der Waals surface area contributed by atoms with E-state index in [1.54, 1.807) is 12.3 Å². The first kappa shape index (κ1) is 13.6. The Kier molecular flexibility index (Phi) is 3.12. The summed E-state index contributed by atoms with van der Waals surface area (Å²) < 4.78 is 37.5. The maximum absolute atomic E-state index is 12.5. The molecule has 2 aromatic heterocycles. The summed E-state index contributed by atoms with van der Waals surface area (Å²) in [6, 6.07) is 4.58. The summed E-state index contributed by atoms with van der Waals surface area (Å²) in [4.78, 5) is 4.07. The van der Waals surface area contributed by atoms with Crippen molar-refractivity contribution >= 4 is 0 Å². The van der Waals surface area contributed by atoms with Crippen LogP contribution in [0.15, 0.2) is 24.4 Å². The number of alkyl halides is 3. The normalized spacial score (nSPS) is 12.7. The van der Waals surface area contributed by atoms with Crippen molar-refractivity contribution in [2.75, 3.05) is 0 Å². The van der Waals surface area contributed by atoms with E-state index in [0.717, 1.165) is 11.6 Å². The van der Waals surface area contributed by atoms with Gasteiger partial charge in [0, 0.05) is 6.20 Å². The number of aromatic amines is 1. The van der Waals surface area contributed by atoms with Crippen LogP contribution < -0.4 is 0 Å². The van der Waals surface area contributed by atoms with Crippen molar-refractivity contribution in [3.05, 3.63) is 35.7 Å². The fourth-order valence-electron chi connectivity index (χ4n) is 1.64. The lowest BCUT2D eigenvalue weighted by atomic mass is 9.87. The zero-order valence-corrected chi connectivity index (χ0v) is 10.8. The number of halogens is 3. The topological polar surface area (TPSA) is 41.6 Å². The summed E-state index contributed by atoms with van der Waals surface area (Å²) in [6.07, 6.45) is -2.84. The molecule has 102 valence electrons. The quantitative estimate of drug-likeness (QED) is 0.855. The first-order valence-corrected chi connectivity index (χ1v) is 5.77. The molecule has 0 amide bonds. The molecule has 0 saturated carbocycles. The highest BCUT2D eigenvalue weighted by atomic mass is 19.4. The highest BCUT2D eigenvalue weighted by Crippen LogP contribution is 2.31. The van der Waals surface area contributed by atoms with Crippen LogP contribution in [0.25, 0.3) is 11.4 Å². The lowest BCUT2D eigenvalue weighted by molar-refractivity contribution is -0.141. The smallest absolute Gasteiger partial charge is 0.273 e. The second-order valence-corrected chi connectivity index (χ2v) is 5.34. The number of aromatic nitrogens is 3. The van der Waals surface area contributed by atoms with E-state index in [9.17, 15) is 13.2 Å². The van der Waals surface area contributed by atoms with Crippen molar-refractivity contribution in [3.8, 4) is 11.4 Å². The predicted molar refractivity (Wildman–Crippen MR) is 65.5 cm³/mol. The Morgan fingerprint density at radius 3 is 2.26 bits per heavy atom. The summed E-state index contributed by atoms with van der Waals surface area (Å²) in [7, 11) is 0. The van der Waals surface area contributed by atoms with Crippen LogP contribution >= 0.6 is 0 Å². The number of hydrogen-bond donors (Lipinski definition) is 1. The van der Waals surface area contributed by atoms with E-state index in [2.05, 4.69) is 10.1 Å². The molecule has 0 unspecified atom stereocenters. The molecule has 2 aromatic rings. The summed E-state index contributed by atoms with van der Waals surface area (Å²) in [6.45, 7) is 6.08. The Balaban J connectivity index is 2.40. The molecule has 0 saturated heterocycles. The van der Waals surface area contributed by atoms with Gasteiger partial charge in [-0.05, 0) is 29.2 Å². The summed E-state index contributed by atoms with van der Waals surface area (Å²) in [5.41, 5.74) is 0.651. The SMILES string of the molecule is CC(C)(C)c1ccnc(-c2cc(C(F)(F)F)[nH]n2)c1. The lowest BCUT2D eigenvalue weighted by Crippen LogP contribution is -2.11. The molecule has 6 heteroatoms. The third-order valence-corrected chi connectivity index (χ3v) is 2.77. The number of rotatable bonds is 1. The minimum Gasteiger partial charge on any atom is -0.273 e. The van der Waals surface area contributed by atoms with E-state index >= 15 is 0 Å². The van der Waals surface area contributed by atoms with Crippen molar-refractivity contribution in [1.82, 2.24) is 15.2 Å². The zero-order chi connectivity index (χ0) is 14.3. The molecule has 0 aliphatic rings. The van der Waals surface area contributed by atoms with Gasteiger partial charge in [-0.3, -0.25) is 10.1 Å². The first-order chi connectivity index (χ1) is 8.68. The largest absolute Gasteiger partial charge is 0.432 e. The van der Waals surface area contributed by atoms with Gasteiger partial charge in [0.05, 0.1) is 5.69 Å². The van der Waals surface area contributed by atoms with Crippen molar-refractivity contribution < 1.29 is 13.2 Å². The molecule has 0 aliphatic carbocycles. The fourth-order valence-corrected chi connectivity index (χ4v) is 1.64. The van der Waals surface area contributed by atoms with Gasteiger partial charge in [0.15, 0.2) is 0 Å². The average molecular weight is 269 g/mol. The van der Waals surface area contributed by atoms with Crippen LogP contribution in [0.5, 0.6) is 0 Å². The van der Waals surface area contributed by atoms with Gasteiger partial charge in [0.2, 0.25) is 0 Å². The summed E-state index contributed by atoms with van der Waals surface area (Å²) >= 11 is 0. The molecule has 3 nitrogen and oxygen atoms in total. The second kappa shape index (κ2) is 4.36. The van der Waals surface area contributed by atoms with Crippen molar-refractivity contribution in [2.45, 2.75) is 32.4 Å². The monoisotopic (exact) mass is 269 g/mol. The molecule has 0 fully saturated rings. The Morgan fingerprint density at radius 2 is 1.74 bits per heavy atom. The molecule has 0 spiro atoms. The summed E-state index contributed by atoms with van der Waals surface area (Å²) in [5.74, 6) is 0. The van der Waals surface area contributed by atoms with E-state index in [-0.39, 0.29) is 11.1 Å². The van der Waals surface area contributed by atoms with Crippen LogP contribution in [0.2, 0.25) is 0 Å². The van der Waals surface area contributed by atoms with Gasteiger partial charge < -0.3 is 0 Å². The molecule has 0 atom stereocenters. The predicted octanol–water partition coefficient (Wildman–Crippen LogP) is 3.79. The molecule has 1 N–H and O–H groups in total. The van der Waals surface area contributed by atoms with Gasteiger partial charge in [0.1, 0.15) is 11.4 Å². The van der Waals surface area contributed by atoms with E-state index in [4.69, 9.17) is 0 Å². The van der Waals surface area contributed by atoms with Gasteiger partial charge in [0.25, 0.3) is 0 Å². The van der Waals surface area contributed by atoms with Gasteiger partial charge in [-0.25, -0.2) is 0 Å². The molecule has 2 heterocycles. The molecular weight excluding hydrogens is 255 g/mol. The third-order valence-electron chi connectivity index (χ3n) is 2.77. The molecule has 0 aromatic carbocycles. The van der Waals surface area contributed by atoms with Crippen LogP contribution in [0.4, 0.5) is 13.2 Å². The molecule has 2 rings (SSSR count). The zero-order valence-electron chi connectivity index (χ0n) is 10.8. The average Bonchev–Trinajstić information content (AvgIpc) is 2.77. The number of nitrogens with zero attached hydrogens (tertiary/aromatic N) is 2. The third kappa shape index (κ3) is 2.94. The number of H-pyrrole nitrogens is 1. The molecule has 0 bridgehead atoms. The minimum absolute atomic E-state index is 0.0964. The highest BCUT2D eigenvalue weighted by Gasteiger charge is 2.33. The maximum Gasteiger partial charge on any atom is 0.432 e. The minimum atomic E-state index is -4.42. The lowest BCUT2D eigenvalue weighted by Gasteiger charge is -2.18. The molecule has 0 radical (unpaired) electrons. The number of pyridine rings is 1. The Labute approximate surface area is 108 Å². The molecule has 19 heavy (non-hydrogen) atoms. The van der Waals surface area contributed by atoms with E-state index in [0.29, 0.717) is 5.69 Å². The first-order valence-electron chi connectivity index (χ1n) is 5.77. The van der Waals surface area contributed by atoms with E-state index in [1.165, 1.54) is 0 Å². The van der Waals surface area contributed by atoms with Gasteiger partial charge in [-0.15, -0.1) is 0 Å². The van der Waals surface area contributed by atoms with Crippen molar-refractivity contribution in [3.63, 3.8) is 0 Å². The molecular formula is C13H14F3N3. The van der Waals surface area contributed by atoms with Gasteiger partial charge >= 0.3 is 6.18 Å². The van der Waals surface area contributed by atoms with Crippen molar-refractivity contribution in [1.29, 1.82) is 0 Å². The van der Waals surface area contributed by atoms with Crippen LogP contribution in [0.3, 0.4) is 0 Å². The highest BCUT2D eigenvalue weighted by molar-refractivity contribution is 5.55. The Bertz CT molecular complexity index is 579. The van der Waals surface area contributed by atoms with Crippen LogP contribution in [-0.2, 0) is 11.6 Å². The standard InChI is InChI=1S/C13H14F3N3/c1-12(2,3)8-4-5-17-9(6-8)10-7-11(19-18-10)13(14,15)16/h4-7H,1-3H3,(H,18,19). The van der Waals surface area contributed by atoms with Crippen LogP contribution in [0, 0.1) is 0 Å². The van der Waals surface area contributed by atoms with Crippen LogP contribution in [0.1, 0.15) is 32.0 Å². The Hall–Kier alpha value is -1.85.